The number of anilines is 2. The van der Waals surface area contributed by atoms with Gasteiger partial charge in [0, 0.05) is 25.0 Å². The van der Waals surface area contributed by atoms with Crippen molar-refractivity contribution < 1.29 is 0 Å². The van der Waals surface area contributed by atoms with Gasteiger partial charge in [-0.15, -0.1) is 24.0 Å². The van der Waals surface area contributed by atoms with E-state index in [-0.39, 0.29) is 24.0 Å². The van der Waals surface area contributed by atoms with E-state index in [2.05, 4.69) is 50.5 Å². The minimum atomic E-state index is 0. The summed E-state index contributed by atoms with van der Waals surface area (Å²) in [5.74, 6) is 1.53. The van der Waals surface area contributed by atoms with Gasteiger partial charge in [0.1, 0.15) is 5.82 Å². The Balaban J connectivity index is 0.00000225. The van der Waals surface area contributed by atoms with Gasteiger partial charge in [-0.1, -0.05) is 25.0 Å². The molecule has 2 heterocycles. The van der Waals surface area contributed by atoms with Gasteiger partial charge in [-0.05, 0) is 67.0 Å². The van der Waals surface area contributed by atoms with Crippen molar-refractivity contribution in [3.63, 3.8) is 0 Å². The second kappa shape index (κ2) is 10.1. The number of nitrogens with one attached hydrogen (secondary N) is 1. The highest BCUT2D eigenvalue weighted by Gasteiger charge is 2.12. The summed E-state index contributed by atoms with van der Waals surface area (Å²) in [4.78, 5) is 11.5. The summed E-state index contributed by atoms with van der Waals surface area (Å²) < 4.78 is 0. The van der Waals surface area contributed by atoms with Crippen LogP contribution >= 0.6 is 24.0 Å². The maximum Gasteiger partial charge on any atom is 0.193 e. The molecule has 3 N–H and O–H groups in total. The van der Waals surface area contributed by atoms with Crippen LogP contribution in [0.4, 0.5) is 11.5 Å². The molecule has 1 aromatic heterocycles. The normalized spacial score (nSPS) is 16.9. The first-order valence-electron chi connectivity index (χ1n) is 10.2. The Morgan fingerprint density at radius 3 is 2.54 bits per heavy atom. The highest BCUT2D eigenvalue weighted by Crippen LogP contribution is 2.24. The first-order chi connectivity index (χ1) is 13.3. The zero-order chi connectivity index (χ0) is 18.5. The number of nitrogens with zero attached hydrogens (tertiary/aromatic N) is 3. The first kappa shape index (κ1) is 20.9. The van der Waals surface area contributed by atoms with E-state index in [4.69, 9.17) is 5.73 Å². The minimum Gasteiger partial charge on any atom is -0.370 e. The van der Waals surface area contributed by atoms with Crippen molar-refractivity contribution in [2.45, 2.75) is 51.5 Å². The van der Waals surface area contributed by atoms with Gasteiger partial charge < -0.3 is 16.0 Å². The molecule has 2 aromatic rings. The maximum absolute atomic E-state index is 6.07. The van der Waals surface area contributed by atoms with Crippen LogP contribution in [0.25, 0.3) is 0 Å². The van der Waals surface area contributed by atoms with Crippen LogP contribution in [0.5, 0.6) is 0 Å². The molecular weight excluding hydrogens is 461 g/mol. The Morgan fingerprint density at radius 1 is 1.00 bits per heavy atom. The molecule has 0 atom stereocenters. The molecule has 0 radical (unpaired) electrons. The van der Waals surface area contributed by atoms with Gasteiger partial charge in [-0.2, -0.15) is 0 Å². The zero-order valence-electron chi connectivity index (χ0n) is 16.4. The molecule has 6 heteroatoms. The third kappa shape index (κ3) is 5.37. The molecule has 0 unspecified atom stereocenters. The number of aliphatic imine (C=N–C) groups is 1. The van der Waals surface area contributed by atoms with Crippen LogP contribution in [0.3, 0.4) is 0 Å². The molecule has 1 aliphatic carbocycles. The summed E-state index contributed by atoms with van der Waals surface area (Å²) in [6, 6.07) is 10.7. The monoisotopic (exact) mass is 491 g/mol. The zero-order valence-corrected chi connectivity index (χ0v) is 18.7. The SMILES string of the molecule is I.NC(=NCc1ccc(N2CCCCCC2)nc1)Nc1ccc2c(c1)CCC2. The Morgan fingerprint density at radius 2 is 1.79 bits per heavy atom. The lowest BCUT2D eigenvalue weighted by Crippen LogP contribution is -2.24. The average molecular weight is 491 g/mol. The van der Waals surface area contributed by atoms with Gasteiger partial charge in [0.2, 0.25) is 0 Å². The summed E-state index contributed by atoms with van der Waals surface area (Å²) >= 11 is 0. The summed E-state index contributed by atoms with van der Waals surface area (Å²) in [7, 11) is 0. The number of pyridine rings is 1. The van der Waals surface area contributed by atoms with Gasteiger partial charge in [-0.3, -0.25) is 0 Å². The van der Waals surface area contributed by atoms with Gasteiger partial charge in [0.05, 0.1) is 6.54 Å². The summed E-state index contributed by atoms with van der Waals surface area (Å²) in [6.45, 7) is 2.77. The van der Waals surface area contributed by atoms with E-state index in [1.807, 2.05) is 6.20 Å². The smallest absolute Gasteiger partial charge is 0.193 e. The average Bonchev–Trinajstić information content (AvgIpc) is 2.98. The molecular formula is C22H30IN5. The maximum atomic E-state index is 6.07. The minimum absolute atomic E-state index is 0. The standard InChI is InChI=1S/C22H29N5.HI/c23-22(26-20-10-9-18-6-5-7-19(18)14-20)25-16-17-8-11-21(24-15-17)27-12-3-1-2-4-13-27;/h8-11,14-15H,1-7,12-13,16H2,(H3,23,25,26);1H. The second-order valence-electron chi connectivity index (χ2n) is 7.59. The van der Waals surface area contributed by atoms with Crippen LogP contribution in [0, 0.1) is 0 Å². The van der Waals surface area contributed by atoms with Crippen molar-refractivity contribution >= 4 is 41.4 Å². The van der Waals surface area contributed by atoms with Crippen molar-refractivity contribution in [1.29, 1.82) is 0 Å². The van der Waals surface area contributed by atoms with E-state index < -0.39 is 0 Å². The number of benzene rings is 1. The molecule has 2 aliphatic rings. The molecule has 1 aromatic carbocycles. The molecule has 28 heavy (non-hydrogen) atoms. The first-order valence-corrected chi connectivity index (χ1v) is 10.2. The predicted octanol–water partition coefficient (Wildman–Crippen LogP) is 4.50. The van der Waals surface area contributed by atoms with E-state index in [1.54, 1.807) is 0 Å². The van der Waals surface area contributed by atoms with E-state index in [0.717, 1.165) is 36.6 Å². The molecule has 1 fully saturated rings. The molecule has 150 valence electrons. The van der Waals surface area contributed by atoms with Gasteiger partial charge in [-0.25, -0.2) is 9.98 Å². The third-order valence-electron chi connectivity index (χ3n) is 5.54. The van der Waals surface area contributed by atoms with E-state index in [0.29, 0.717) is 12.5 Å². The van der Waals surface area contributed by atoms with Crippen LogP contribution in [0.15, 0.2) is 41.5 Å². The van der Waals surface area contributed by atoms with Gasteiger partial charge in [0.25, 0.3) is 0 Å². The largest absolute Gasteiger partial charge is 0.370 e. The molecule has 1 saturated heterocycles. The lowest BCUT2D eigenvalue weighted by molar-refractivity contribution is 0.726. The Kier molecular flexibility index (Phi) is 7.53. The molecule has 0 spiro atoms. The number of hydrogen-bond acceptors (Lipinski definition) is 3. The number of hydrogen-bond donors (Lipinski definition) is 2. The summed E-state index contributed by atoms with van der Waals surface area (Å²) in [5.41, 5.74) is 11.1. The van der Waals surface area contributed by atoms with E-state index in [1.165, 1.54) is 49.7 Å². The third-order valence-corrected chi connectivity index (χ3v) is 5.54. The van der Waals surface area contributed by atoms with Crippen LogP contribution in [0.2, 0.25) is 0 Å². The second-order valence-corrected chi connectivity index (χ2v) is 7.59. The van der Waals surface area contributed by atoms with Crippen LogP contribution in [-0.4, -0.2) is 24.0 Å². The van der Waals surface area contributed by atoms with Crippen LogP contribution in [-0.2, 0) is 19.4 Å². The van der Waals surface area contributed by atoms with E-state index in [9.17, 15) is 0 Å². The molecule has 0 bridgehead atoms. The van der Waals surface area contributed by atoms with Crippen molar-refractivity contribution in [2.24, 2.45) is 10.7 Å². The number of nitrogens with two attached hydrogens (primary N) is 1. The molecule has 0 amide bonds. The quantitative estimate of drug-likeness (QED) is 0.376. The van der Waals surface area contributed by atoms with Gasteiger partial charge >= 0.3 is 0 Å². The number of rotatable bonds is 4. The number of aryl methyl sites for hydroxylation is 2. The summed E-state index contributed by atoms with van der Waals surface area (Å²) in [5, 5.41) is 3.21. The molecule has 4 rings (SSSR count). The lowest BCUT2D eigenvalue weighted by Gasteiger charge is -2.21. The summed E-state index contributed by atoms with van der Waals surface area (Å²) in [6.07, 6.45) is 10.7. The Labute approximate surface area is 184 Å². The number of halogens is 1. The van der Waals surface area contributed by atoms with Crippen molar-refractivity contribution in [3.8, 4) is 0 Å². The predicted molar refractivity (Wildman–Crippen MR) is 128 cm³/mol. The highest BCUT2D eigenvalue weighted by atomic mass is 127. The van der Waals surface area contributed by atoms with Crippen LogP contribution < -0.4 is 16.0 Å². The van der Waals surface area contributed by atoms with Crippen molar-refractivity contribution in [1.82, 2.24) is 4.98 Å². The van der Waals surface area contributed by atoms with Crippen LogP contribution in [0.1, 0.15) is 48.8 Å². The topological polar surface area (TPSA) is 66.5 Å². The Bertz CT molecular complexity index is 795. The fourth-order valence-corrected chi connectivity index (χ4v) is 4.01. The fourth-order valence-electron chi connectivity index (χ4n) is 4.01. The van der Waals surface area contributed by atoms with Crippen molar-refractivity contribution in [2.75, 3.05) is 23.3 Å². The van der Waals surface area contributed by atoms with E-state index >= 15 is 0 Å². The number of guanidine groups is 1. The molecule has 1 aliphatic heterocycles. The van der Waals surface area contributed by atoms with Crippen molar-refractivity contribution in [3.05, 3.63) is 53.2 Å². The Hall–Kier alpha value is -1.83. The number of fused-ring (bicyclic) bond motifs is 1. The lowest BCUT2D eigenvalue weighted by atomic mass is 10.1. The molecule has 5 nitrogen and oxygen atoms in total. The molecule has 0 saturated carbocycles. The highest BCUT2D eigenvalue weighted by molar-refractivity contribution is 14.0. The van der Waals surface area contributed by atoms with Gasteiger partial charge in [0.15, 0.2) is 5.96 Å². The fraction of sp³-hybridized carbons (Fsp3) is 0.455. The number of aromatic nitrogens is 1.